The summed E-state index contributed by atoms with van der Waals surface area (Å²) in [6.45, 7) is 27.5. The second-order valence-electron chi connectivity index (χ2n) is 21.9. The summed E-state index contributed by atoms with van der Waals surface area (Å²) in [6, 6.07) is 53.0. The van der Waals surface area contributed by atoms with Crippen LogP contribution in [0.15, 0.2) is 140 Å². The lowest BCUT2D eigenvalue weighted by atomic mass is 9.34. The molecule has 0 spiro atoms. The molecule has 8 aromatic rings. The maximum absolute atomic E-state index is 6.95. The average Bonchev–Trinajstić information content (AvgIpc) is 3.63. The van der Waals surface area contributed by atoms with Gasteiger partial charge in [0.2, 0.25) is 0 Å². The Balaban J connectivity index is 1.34. The number of thiophene rings is 1. The van der Waals surface area contributed by atoms with E-state index in [1.807, 2.05) is 11.3 Å². The molecule has 0 aliphatic carbocycles. The van der Waals surface area contributed by atoms with E-state index in [4.69, 9.17) is 4.74 Å². The molecule has 0 fully saturated rings. The first-order chi connectivity index (χ1) is 29.8. The Bertz CT molecular complexity index is 3000. The molecule has 0 N–H and O–H groups in total. The summed E-state index contributed by atoms with van der Waals surface area (Å²) >= 11 is 1.91. The van der Waals surface area contributed by atoms with Crippen molar-refractivity contribution in [2.45, 2.75) is 105 Å². The van der Waals surface area contributed by atoms with Gasteiger partial charge in [-0.3, -0.25) is 0 Å². The first-order valence-corrected chi connectivity index (χ1v) is 23.4. The number of hydrogen-bond donors (Lipinski definition) is 0. The van der Waals surface area contributed by atoms with Gasteiger partial charge in [-0.1, -0.05) is 156 Å². The van der Waals surface area contributed by atoms with Gasteiger partial charge in [0.25, 0.3) is 6.71 Å². The number of anilines is 6. The third-order valence-corrected chi connectivity index (χ3v) is 14.5. The fourth-order valence-corrected chi connectivity index (χ4v) is 11.0. The maximum atomic E-state index is 6.95. The van der Waals surface area contributed by atoms with Crippen LogP contribution in [0.1, 0.15) is 105 Å². The summed E-state index contributed by atoms with van der Waals surface area (Å²) in [5.41, 5.74) is 16.0. The molecule has 316 valence electrons. The number of ether oxygens (including phenoxy) is 1. The molecule has 0 radical (unpaired) electrons. The van der Waals surface area contributed by atoms with E-state index in [1.165, 1.54) is 75.9 Å². The van der Waals surface area contributed by atoms with Crippen molar-refractivity contribution in [3.63, 3.8) is 0 Å². The standard InChI is InChI=1S/C58H59BN2OS/c1-55(2,3)36-20-27-40(28-21-36)60(41-29-22-37(23-30-41)56(4,5)6)47-35-45-53(54-51(47)43-16-13-14-19-50(43)63-54)61(42-31-24-38(25-32-42)57(7,8)9)46-17-15-18-49-52(46)59(45)44-34-39(58(10,11)12)26-33-48(44)62-49/h13-35H,1-12H3. The Morgan fingerprint density at radius 2 is 1.05 bits per heavy atom. The predicted octanol–water partition coefficient (Wildman–Crippen LogP) is 15.1. The molecule has 0 amide bonds. The summed E-state index contributed by atoms with van der Waals surface area (Å²) in [5.74, 6) is 1.85. The molecule has 10 rings (SSSR count). The zero-order chi connectivity index (χ0) is 44.4. The number of benzene rings is 7. The lowest BCUT2D eigenvalue weighted by Crippen LogP contribution is -2.59. The van der Waals surface area contributed by atoms with Crippen molar-refractivity contribution in [3.05, 3.63) is 162 Å². The van der Waals surface area contributed by atoms with Crippen LogP contribution in [0.2, 0.25) is 0 Å². The summed E-state index contributed by atoms with van der Waals surface area (Å²) in [6.07, 6.45) is 0. The largest absolute Gasteiger partial charge is 0.458 e. The first kappa shape index (κ1) is 41.2. The second kappa shape index (κ2) is 14.4. The summed E-state index contributed by atoms with van der Waals surface area (Å²) in [7, 11) is 0. The molecule has 2 aliphatic rings. The molecule has 0 saturated heterocycles. The van der Waals surface area contributed by atoms with Crippen LogP contribution < -0.4 is 30.9 Å². The van der Waals surface area contributed by atoms with Crippen LogP contribution in [-0.2, 0) is 21.7 Å². The van der Waals surface area contributed by atoms with Gasteiger partial charge in [0.05, 0.1) is 16.1 Å². The molecule has 2 aliphatic heterocycles. The van der Waals surface area contributed by atoms with Gasteiger partial charge in [-0.25, -0.2) is 0 Å². The highest BCUT2D eigenvalue weighted by Crippen LogP contribution is 2.52. The quantitative estimate of drug-likeness (QED) is 0.164. The van der Waals surface area contributed by atoms with E-state index in [0.29, 0.717) is 0 Å². The van der Waals surface area contributed by atoms with E-state index in [1.54, 1.807) is 0 Å². The molecule has 0 atom stereocenters. The lowest BCUT2D eigenvalue weighted by molar-refractivity contribution is 0.486. The van der Waals surface area contributed by atoms with Crippen molar-refractivity contribution >= 4 is 88.7 Å². The van der Waals surface area contributed by atoms with Crippen LogP contribution in [0.5, 0.6) is 11.5 Å². The average molecular weight is 843 g/mol. The molecule has 3 nitrogen and oxygen atoms in total. The van der Waals surface area contributed by atoms with Crippen molar-refractivity contribution in [2.75, 3.05) is 9.80 Å². The van der Waals surface area contributed by atoms with E-state index >= 15 is 0 Å². The van der Waals surface area contributed by atoms with Crippen molar-refractivity contribution in [2.24, 2.45) is 0 Å². The highest BCUT2D eigenvalue weighted by Gasteiger charge is 2.44. The Morgan fingerprint density at radius 3 is 1.62 bits per heavy atom. The topological polar surface area (TPSA) is 15.7 Å². The van der Waals surface area contributed by atoms with Gasteiger partial charge in [0.15, 0.2) is 0 Å². The zero-order valence-corrected chi connectivity index (χ0v) is 39.9. The van der Waals surface area contributed by atoms with E-state index < -0.39 is 0 Å². The first-order valence-electron chi connectivity index (χ1n) is 22.6. The van der Waals surface area contributed by atoms with Gasteiger partial charge < -0.3 is 14.5 Å². The number of rotatable bonds is 4. The van der Waals surface area contributed by atoms with Crippen LogP contribution in [0.25, 0.3) is 20.2 Å². The minimum absolute atomic E-state index is 0.0301. The molecule has 1 aromatic heterocycles. The second-order valence-corrected chi connectivity index (χ2v) is 23.0. The number of nitrogens with zero attached hydrogens (tertiary/aromatic N) is 2. The molecule has 63 heavy (non-hydrogen) atoms. The van der Waals surface area contributed by atoms with Gasteiger partial charge in [-0.05, 0) is 127 Å². The van der Waals surface area contributed by atoms with Crippen molar-refractivity contribution < 1.29 is 4.74 Å². The normalized spacial score (nSPS) is 13.8. The fourth-order valence-electron chi connectivity index (χ4n) is 9.70. The molecular weight excluding hydrogens is 784 g/mol. The van der Waals surface area contributed by atoms with E-state index in [9.17, 15) is 0 Å². The fraction of sp³-hybridized carbons (Fsp3) is 0.276. The van der Waals surface area contributed by atoms with Crippen LogP contribution in [0.3, 0.4) is 0 Å². The minimum atomic E-state index is -0.0657. The molecular formula is C58H59BN2OS. The summed E-state index contributed by atoms with van der Waals surface area (Å²) in [4.78, 5) is 5.07. The Labute approximate surface area is 379 Å². The summed E-state index contributed by atoms with van der Waals surface area (Å²) in [5, 5.41) is 2.53. The van der Waals surface area contributed by atoms with Crippen LogP contribution >= 0.6 is 11.3 Å². The predicted molar refractivity (Wildman–Crippen MR) is 275 cm³/mol. The zero-order valence-electron chi connectivity index (χ0n) is 39.1. The van der Waals surface area contributed by atoms with E-state index in [0.717, 1.165) is 28.6 Å². The monoisotopic (exact) mass is 842 g/mol. The molecule has 0 bridgehead atoms. The Hall–Kier alpha value is -5.78. The van der Waals surface area contributed by atoms with Crippen LogP contribution in [-0.4, -0.2) is 6.71 Å². The van der Waals surface area contributed by atoms with E-state index in [2.05, 4.69) is 232 Å². The van der Waals surface area contributed by atoms with Gasteiger partial charge in [0, 0.05) is 38.2 Å². The van der Waals surface area contributed by atoms with Gasteiger partial charge in [-0.2, -0.15) is 0 Å². The van der Waals surface area contributed by atoms with Gasteiger partial charge in [0.1, 0.15) is 11.5 Å². The molecule has 7 aromatic carbocycles. The van der Waals surface area contributed by atoms with Crippen molar-refractivity contribution in [1.82, 2.24) is 0 Å². The smallest absolute Gasteiger partial charge is 0.256 e. The summed E-state index contributed by atoms with van der Waals surface area (Å²) < 4.78 is 9.51. The van der Waals surface area contributed by atoms with Crippen LogP contribution in [0.4, 0.5) is 34.1 Å². The number of fused-ring (bicyclic) bond motifs is 8. The van der Waals surface area contributed by atoms with Gasteiger partial charge >= 0.3 is 0 Å². The van der Waals surface area contributed by atoms with Crippen LogP contribution in [0, 0.1) is 0 Å². The van der Waals surface area contributed by atoms with E-state index in [-0.39, 0.29) is 28.4 Å². The Kier molecular flexibility index (Phi) is 9.41. The van der Waals surface area contributed by atoms with Crippen molar-refractivity contribution in [1.29, 1.82) is 0 Å². The molecule has 3 heterocycles. The Morgan fingerprint density at radius 1 is 0.508 bits per heavy atom. The third-order valence-electron chi connectivity index (χ3n) is 13.4. The highest BCUT2D eigenvalue weighted by atomic mass is 32.1. The molecule has 0 saturated carbocycles. The number of hydrogen-bond acceptors (Lipinski definition) is 4. The SMILES string of the molecule is CC(C)(C)c1ccc(N2c3cccc4c3B(c3cc(C(C)(C)C)ccc3O4)c3cc(N(c4ccc(C(C)(C)C)cc4)c4ccc(C(C)(C)C)cc4)c4c(sc5ccccc54)c32)cc1. The maximum Gasteiger partial charge on any atom is 0.256 e. The third kappa shape index (κ3) is 6.95. The van der Waals surface area contributed by atoms with Crippen molar-refractivity contribution in [3.8, 4) is 11.5 Å². The highest BCUT2D eigenvalue weighted by molar-refractivity contribution is 7.27. The molecule has 5 heteroatoms. The lowest BCUT2D eigenvalue weighted by Gasteiger charge is -2.41. The van der Waals surface area contributed by atoms with Gasteiger partial charge in [-0.15, -0.1) is 11.3 Å². The molecule has 0 unspecified atom stereocenters. The minimum Gasteiger partial charge on any atom is -0.458 e.